The topological polar surface area (TPSA) is 107 Å². The van der Waals surface area contributed by atoms with Gasteiger partial charge >= 0.3 is 0 Å². The van der Waals surface area contributed by atoms with Crippen LogP contribution in [0.4, 0.5) is 5.82 Å². The number of benzene rings is 1. The lowest BCUT2D eigenvalue weighted by atomic mass is 10.2. The molecule has 0 spiro atoms. The number of nitrogens with zero attached hydrogens (tertiary/aromatic N) is 2. The Balaban J connectivity index is 2.26. The van der Waals surface area contributed by atoms with Gasteiger partial charge in [0.2, 0.25) is 5.91 Å². The number of aromatic nitrogens is 2. The van der Waals surface area contributed by atoms with Gasteiger partial charge in [-0.15, -0.1) is 0 Å². The highest BCUT2D eigenvalue weighted by molar-refractivity contribution is 7.92. The van der Waals surface area contributed by atoms with E-state index in [2.05, 4.69) is 9.82 Å². The van der Waals surface area contributed by atoms with Crippen LogP contribution in [0.3, 0.4) is 0 Å². The summed E-state index contributed by atoms with van der Waals surface area (Å²) >= 11 is 0. The third kappa shape index (κ3) is 2.91. The van der Waals surface area contributed by atoms with Crippen molar-refractivity contribution in [2.45, 2.75) is 4.90 Å². The highest BCUT2D eigenvalue weighted by Crippen LogP contribution is 2.14. The first kappa shape index (κ1) is 13.1. The number of aryl methyl sites for hydroxylation is 1. The maximum atomic E-state index is 12.0. The van der Waals surface area contributed by atoms with Crippen LogP contribution in [-0.2, 0) is 17.1 Å². The number of rotatable bonds is 4. The molecule has 0 aliphatic rings. The van der Waals surface area contributed by atoms with Crippen molar-refractivity contribution in [1.29, 1.82) is 0 Å². The molecule has 0 saturated carbocycles. The first-order valence-corrected chi connectivity index (χ1v) is 6.79. The van der Waals surface area contributed by atoms with Crippen LogP contribution in [0.2, 0.25) is 0 Å². The minimum Gasteiger partial charge on any atom is -0.366 e. The zero-order valence-corrected chi connectivity index (χ0v) is 10.9. The van der Waals surface area contributed by atoms with E-state index in [1.807, 2.05) is 0 Å². The maximum Gasteiger partial charge on any atom is 0.263 e. The standard InChI is InChI=1S/C11H12N4O3S/c1-15-7-6-10(13-15)14-19(17,18)9-4-2-8(3-5-9)11(12)16/h2-7H,1H3,(H2,12,16)(H,13,14). The number of amides is 1. The molecular weight excluding hydrogens is 268 g/mol. The molecule has 1 aromatic heterocycles. The second-order valence-electron chi connectivity index (χ2n) is 3.87. The largest absolute Gasteiger partial charge is 0.366 e. The van der Waals surface area contributed by atoms with Gasteiger partial charge in [0.05, 0.1) is 4.90 Å². The van der Waals surface area contributed by atoms with Crippen LogP contribution in [0.25, 0.3) is 0 Å². The van der Waals surface area contributed by atoms with Crippen molar-refractivity contribution in [3.63, 3.8) is 0 Å². The smallest absolute Gasteiger partial charge is 0.263 e. The summed E-state index contributed by atoms with van der Waals surface area (Å²) in [6.07, 6.45) is 1.62. The summed E-state index contributed by atoms with van der Waals surface area (Å²) in [4.78, 5) is 10.9. The highest BCUT2D eigenvalue weighted by Gasteiger charge is 2.15. The first-order chi connectivity index (χ1) is 8.88. The van der Waals surface area contributed by atoms with Gasteiger partial charge in [0.15, 0.2) is 5.82 Å². The van der Waals surface area contributed by atoms with Gasteiger partial charge in [-0.2, -0.15) is 5.10 Å². The average Bonchev–Trinajstić information content (AvgIpc) is 2.74. The maximum absolute atomic E-state index is 12.0. The molecule has 1 amide bonds. The predicted octanol–water partition coefficient (Wildman–Crippen LogP) is 0.320. The lowest BCUT2D eigenvalue weighted by Crippen LogP contribution is -2.15. The Hall–Kier alpha value is -2.35. The van der Waals surface area contributed by atoms with E-state index in [1.165, 1.54) is 35.0 Å². The molecule has 3 N–H and O–H groups in total. The van der Waals surface area contributed by atoms with E-state index < -0.39 is 15.9 Å². The third-order valence-electron chi connectivity index (χ3n) is 2.40. The zero-order chi connectivity index (χ0) is 14.0. The van der Waals surface area contributed by atoms with Gasteiger partial charge in [0, 0.05) is 24.9 Å². The van der Waals surface area contributed by atoms with E-state index in [-0.39, 0.29) is 16.3 Å². The third-order valence-corrected chi connectivity index (χ3v) is 3.77. The summed E-state index contributed by atoms with van der Waals surface area (Å²) in [6.45, 7) is 0. The van der Waals surface area contributed by atoms with Gasteiger partial charge in [-0.3, -0.25) is 14.2 Å². The second-order valence-corrected chi connectivity index (χ2v) is 5.55. The molecule has 0 aliphatic heterocycles. The number of hydrogen-bond acceptors (Lipinski definition) is 4. The molecule has 100 valence electrons. The van der Waals surface area contributed by atoms with E-state index in [1.54, 1.807) is 13.2 Å². The fraction of sp³-hybridized carbons (Fsp3) is 0.0909. The monoisotopic (exact) mass is 280 g/mol. The number of carbonyl (C=O) groups is 1. The van der Waals surface area contributed by atoms with Gasteiger partial charge in [-0.1, -0.05) is 0 Å². The lowest BCUT2D eigenvalue weighted by Gasteiger charge is -2.05. The molecule has 0 unspecified atom stereocenters. The summed E-state index contributed by atoms with van der Waals surface area (Å²) in [5.74, 6) is -0.386. The van der Waals surface area contributed by atoms with Gasteiger partial charge in [0.1, 0.15) is 0 Å². The van der Waals surface area contributed by atoms with E-state index >= 15 is 0 Å². The summed E-state index contributed by atoms with van der Waals surface area (Å²) in [5, 5.41) is 3.92. The first-order valence-electron chi connectivity index (χ1n) is 5.31. The van der Waals surface area contributed by atoms with E-state index in [9.17, 15) is 13.2 Å². The highest BCUT2D eigenvalue weighted by atomic mass is 32.2. The Morgan fingerprint density at radius 2 is 1.89 bits per heavy atom. The van der Waals surface area contributed by atoms with Crippen molar-refractivity contribution in [3.8, 4) is 0 Å². The Morgan fingerprint density at radius 1 is 1.26 bits per heavy atom. The van der Waals surface area contributed by atoms with Crippen molar-refractivity contribution < 1.29 is 13.2 Å². The Bertz CT molecular complexity index is 704. The van der Waals surface area contributed by atoms with Crippen LogP contribution >= 0.6 is 0 Å². The van der Waals surface area contributed by atoms with Crippen LogP contribution in [-0.4, -0.2) is 24.1 Å². The fourth-order valence-electron chi connectivity index (χ4n) is 1.46. The minimum absolute atomic E-state index is 0.0307. The Kier molecular flexibility index (Phi) is 3.26. The van der Waals surface area contributed by atoms with Crippen molar-refractivity contribution in [1.82, 2.24) is 9.78 Å². The van der Waals surface area contributed by atoms with Crippen molar-refractivity contribution in [2.75, 3.05) is 4.72 Å². The average molecular weight is 280 g/mol. The predicted molar refractivity (Wildman–Crippen MR) is 69.0 cm³/mol. The minimum atomic E-state index is -3.72. The molecule has 1 aromatic carbocycles. The van der Waals surface area contributed by atoms with Crippen LogP contribution in [0.1, 0.15) is 10.4 Å². The van der Waals surface area contributed by atoms with Gasteiger partial charge in [-0.05, 0) is 24.3 Å². The molecule has 0 aliphatic carbocycles. The van der Waals surface area contributed by atoms with Crippen LogP contribution in [0, 0.1) is 0 Å². The number of primary amides is 1. The van der Waals surface area contributed by atoms with Crippen LogP contribution in [0.5, 0.6) is 0 Å². The summed E-state index contributed by atoms with van der Waals surface area (Å²) in [7, 11) is -2.04. The molecular formula is C11H12N4O3S. The summed E-state index contributed by atoms with van der Waals surface area (Å²) in [5.41, 5.74) is 5.33. The molecule has 0 saturated heterocycles. The fourth-order valence-corrected chi connectivity index (χ4v) is 2.46. The number of nitrogens with one attached hydrogen (secondary N) is 1. The van der Waals surface area contributed by atoms with Crippen molar-refractivity contribution in [3.05, 3.63) is 42.1 Å². The number of anilines is 1. The number of carbonyl (C=O) groups excluding carboxylic acids is 1. The van der Waals surface area contributed by atoms with Gasteiger partial charge < -0.3 is 5.73 Å². The Morgan fingerprint density at radius 3 is 2.37 bits per heavy atom. The molecule has 2 rings (SSSR count). The number of nitrogens with two attached hydrogens (primary N) is 1. The molecule has 0 radical (unpaired) electrons. The normalized spacial score (nSPS) is 11.2. The Labute approximate surface area is 110 Å². The summed E-state index contributed by atoms with van der Waals surface area (Å²) in [6, 6.07) is 6.87. The van der Waals surface area contributed by atoms with E-state index in [0.29, 0.717) is 0 Å². The molecule has 8 heteroatoms. The summed E-state index contributed by atoms with van der Waals surface area (Å²) < 4.78 is 27.8. The van der Waals surface area contributed by atoms with Gasteiger partial charge in [-0.25, -0.2) is 8.42 Å². The lowest BCUT2D eigenvalue weighted by molar-refractivity contribution is 0.1000. The second kappa shape index (κ2) is 4.73. The molecule has 19 heavy (non-hydrogen) atoms. The van der Waals surface area contributed by atoms with E-state index in [4.69, 9.17) is 5.73 Å². The quantitative estimate of drug-likeness (QED) is 0.840. The number of sulfonamides is 1. The van der Waals surface area contributed by atoms with Crippen LogP contribution in [0.15, 0.2) is 41.4 Å². The SMILES string of the molecule is Cn1ccc(NS(=O)(=O)c2ccc(C(N)=O)cc2)n1. The number of hydrogen-bond donors (Lipinski definition) is 2. The van der Waals surface area contributed by atoms with Crippen molar-refractivity contribution >= 4 is 21.7 Å². The molecule has 0 fully saturated rings. The molecule has 7 nitrogen and oxygen atoms in total. The molecule has 0 bridgehead atoms. The van der Waals surface area contributed by atoms with Gasteiger partial charge in [0.25, 0.3) is 10.0 Å². The zero-order valence-electron chi connectivity index (χ0n) is 10.1. The molecule has 1 heterocycles. The van der Waals surface area contributed by atoms with Crippen LogP contribution < -0.4 is 10.5 Å². The molecule has 0 atom stereocenters. The van der Waals surface area contributed by atoms with E-state index in [0.717, 1.165) is 0 Å². The molecule has 2 aromatic rings. The van der Waals surface area contributed by atoms with Crippen molar-refractivity contribution in [2.24, 2.45) is 12.8 Å².